The lowest BCUT2D eigenvalue weighted by molar-refractivity contribution is 0.0891. The third-order valence-corrected chi connectivity index (χ3v) is 4.36. The van der Waals surface area contributed by atoms with Gasteiger partial charge in [0.25, 0.3) is 12.3 Å². The Morgan fingerprint density at radius 1 is 1.16 bits per heavy atom. The van der Waals surface area contributed by atoms with Gasteiger partial charge in [-0.2, -0.15) is 5.10 Å². The number of rotatable bonds is 4. The molecule has 25 heavy (non-hydrogen) atoms. The van der Waals surface area contributed by atoms with Gasteiger partial charge in [0.1, 0.15) is 0 Å². The first-order valence-electron chi connectivity index (χ1n) is 7.96. The minimum Gasteiger partial charge on any atom is -0.346 e. The summed E-state index contributed by atoms with van der Waals surface area (Å²) in [5.74, 6) is -0.508. The van der Waals surface area contributed by atoms with Crippen LogP contribution >= 0.6 is 0 Å². The van der Waals surface area contributed by atoms with Crippen molar-refractivity contribution < 1.29 is 13.6 Å². The molecule has 0 spiro atoms. The Morgan fingerprint density at radius 3 is 2.68 bits per heavy atom. The van der Waals surface area contributed by atoms with Gasteiger partial charge >= 0.3 is 0 Å². The quantitative estimate of drug-likeness (QED) is 0.596. The van der Waals surface area contributed by atoms with E-state index in [1.807, 2.05) is 12.1 Å². The standard InChI is InChI=1S/C19H15F2N3O/c20-16(21)10-22-19(25)12-7-5-11(6-8-12)17-15-9-13-3-1-2-4-14(13)18(15)24-23-17/h1-8,16H,9-10H2,(H,22,25)(H,23,24). The summed E-state index contributed by atoms with van der Waals surface area (Å²) in [4.78, 5) is 11.8. The summed E-state index contributed by atoms with van der Waals surface area (Å²) in [6.07, 6.45) is -1.75. The van der Waals surface area contributed by atoms with Gasteiger partial charge in [-0.25, -0.2) is 8.78 Å². The first kappa shape index (κ1) is 15.5. The SMILES string of the molecule is O=C(NCC(F)F)c1ccc(-c2n[nH]c3c2Cc2ccccc2-3)cc1. The zero-order valence-corrected chi connectivity index (χ0v) is 13.2. The molecule has 1 heterocycles. The predicted molar refractivity (Wildman–Crippen MR) is 90.6 cm³/mol. The molecule has 2 aromatic carbocycles. The van der Waals surface area contributed by atoms with Crippen LogP contribution in [0.25, 0.3) is 22.5 Å². The topological polar surface area (TPSA) is 57.8 Å². The Balaban J connectivity index is 1.58. The maximum absolute atomic E-state index is 12.2. The van der Waals surface area contributed by atoms with Gasteiger partial charge in [-0.05, 0) is 17.7 Å². The highest BCUT2D eigenvalue weighted by molar-refractivity contribution is 5.94. The third kappa shape index (κ3) is 2.80. The van der Waals surface area contributed by atoms with E-state index in [1.165, 1.54) is 11.1 Å². The number of hydrogen-bond acceptors (Lipinski definition) is 2. The van der Waals surface area contributed by atoms with E-state index < -0.39 is 18.9 Å². The van der Waals surface area contributed by atoms with Gasteiger partial charge in [-0.3, -0.25) is 9.89 Å². The highest BCUT2D eigenvalue weighted by Crippen LogP contribution is 2.39. The number of H-pyrrole nitrogens is 1. The number of aromatic amines is 1. The molecule has 4 rings (SSSR count). The summed E-state index contributed by atoms with van der Waals surface area (Å²) in [7, 11) is 0. The number of nitrogens with zero attached hydrogens (tertiary/aromatic N) is 1. The molecule has 0 saturated carbocycles. The molecular formula is C19H15F2N3O. The molecule has 1 aliphatic rings. The van der Waals surface area contributed by atoms with Crippen LogP contribution in [-0.4, -0.2) is 29.1 Å². The van der Waals surface area contributed by atoms with Crippen LogP contribution in [0.2, 0.25) is 0 Å². The number of aromatic nitrogens is 2. The fourth-order valence-electron chi connectivity index (χ4n) is 3.16. The van der Waals surface area contributed by atoms with Crippen molar-refractivity contribution in [2.24, 2.45) is 0 Å². The van der Waals surface area contributed by atoms with Crippen molar-refractivity contribution in [2.45, 2.75) is 12.8 Å². The Labute approximate surface area is 142 Å². The Bertz CT molecular complexity index is 932. The Kier molecular flexibility index (Phi) is 3.80. The first-order chi connectivity index (χ1) is 12.1. The molecule has 6 heteroatoms. The van der Waals surface area contributed by atoms with Gasteiger partial charge in [-0.15, -0.1) is 0 Å². The minimum atomic E-state index is -2.56. The number of carbonyl (C=O) groups excluding carboxylic acids is 1. The molecule has 126 valence electrons. The molecule has 0 bridgehead atoms. The molecule has 0 saturated heterocycles. The number of alkyl halides is 2. The second kappa shape index (κ2) is 6.12. The van der Waals surface area contributed by atoms with Gasteiger partial charge in [0, 0.05) is 28.7 Å². The van der Waals surface area contributed by atoms with Crippen molar-refractivity contribution in [3.05, 3.63) is 65.2 Å². The second-order valence-corrected chi connectivity index (χ2v) is 5.94. The van der Waals surface area contributed by atoms with Crippen molar-refractivity contribution in [3.63, 3.8) is 0 Å². The Hall–Kier alpha value is -3.02. The highest BCUT2D eigenvalue weighted by Gasteiger charge is 2.24. The van der Waals surface area contributed by atoms with E-state index in [9.17, 15) is 13.6 Å². The lowest BCUT2D eigenvalue weighted by Crippen LogP contribution is -2.28. The fourth-order valence-corrected chi connectivity index (χ4v) is 3.16. The molecule has 3 aromatic rings. The van der Waals surface area contributed by atoms with E-state index in [1.54, 1.807) is 24.3 Å². The van der Waals surface area contributed by atoms with Crippen LogP contribution < -0.4 is 5.32 Å². The molecule has 4 nitrogen and oxygen atoms in total. The number of halogens is 2. The van der Waals surface area contributed by atoms with E-state index in [0.717, 1.165) is 28.9 Å². The molecule has 1 aliphatic carbocycles. The van der Waals surface area contributed by atoms with E-state index in [2.05, 4.69) is 27.6 Å². The van der Waals surface area contributed by atoms with Crippen LogP contribution in [0.15, 0.2) is 48.5 Å². The van der Waals surface area contributed by atoms with E-state index in [4.69, 9.17) is 0 Å². The molecule has 0 atom stereocenters. The zero-order valence-electron chi connectivity index (χ0n) is 13.2. The summed E-state index contributed by atoms with van der Waals surface area (Å²) in [5, 5.41) is 9.71. The number of nitrogens with one attached hydrogen (secondary N) is 2. The van der Waals surface area contributed by atoms with Gasteiger partial charge in [0.2, 0.25) is 0 Å². The second-order valence-electron chi connectivity index (χ2n) is 5.94. The van der Waals surface area contributed by atoms with Gasteiger partial charge in [-0.1, -0.05) is 36.4 Å². The zero-order chi connectivity index (χ0) is 17.4. The molecule has 1 aromatic heterocycles. The first-order valence-corrected chi connectivity index (χ1v) is 7.96. The molecule has 2 N–H and O–H groups in total. The number of carbonyl (C=O) groups is 1. The summed E-state index contributed by atoms with van der Waals surface area (Å²) in [5.41, 5.74) is 6.68. The molecule has 0 aliphatic heterocycles. The van der Waals surface area contributed by atoms with Gasteiger partial charge < -0.3 is 5.32 Å². The maximum Gasteiger partial charge on any atom is 0.255 e. The largest absolute Gasteiger partial charge is 0.346 e. The number of benzene rings is 2. The maximum atomic E-state index is 12.2. The van der Waals surface area contributed by atoms with Crippen molar-refractivity contribution in [1.29, 1.82) is 0 Å². The molecule has 1 amide bonds. The monoisotopic (exact) mass is 339 g/mol. The summed E-state index contributed by atoms with van der Waals surface area (Å²) in [6.45, 7) is -0.647. The van der Waals surface area contributed by atoms with Crippen molar-refractivity contribution >= 4 is 5.91 Å². The normalized spacial score (nSPS) is 12.1. The van der Waals surface area contributed by atoms with Gasteiger partial charge in [0.05, 0.1) is 17.9 Å². The van der Waals surface area contributed by atoms with E-state index in [0.29, 0.717) is 5.56 Å². The molecular weight excluding hydrogens is 324 g/mol. The third-order valence-electron chi connectivity index (χ3n) is 4.36. The van der Waals surface area contributed by atoms with Gasteiger partial charge in [0.15, 0.2) is 0 Å². The number of amides is 1. The molecule has 0 radical (unpaired) electrons. The van der Waals surface area contributed by atoms with Crippen LogP contribution in [0.4, 0.5) is 8.78 Å². The van der Waals surface area contributed by atoms with Crippen LogP contribution in [0.5, 0.6) is 0 Å². The molecule has 0 fully saturated rings. The van der Waals surface area contributed by atoms with Crippen LogP contribution in [-0.2, 0) is 6.42 Å². The average molecular weight is 339 g/mol. The van der Waals surface area contributed by atoms with Crippen molar-refractivity contribution in [2.75, 3.05) is 6.54 Å². The smallest absolute Gasteiger partial charge is 0.255 e. The van der Waals surface area contributed by atoms with E-state index in [-0.39, 0.29) is 0 Å². The van der Waals surface area contributed by atoms with Crippen LogP contribution in [0.3, 0.4) is 0 Å². The number of hydrogen-bond donors (Lipinski definition) is 2. The van der Waals surface area contributed by atoms with Crippen LogP contribution in [0, 0.1) is 0 Å². The predicted octanol–water partition coefficient (Wildman–Crippen LogP) is 3.64. The number of fused-ring (bicyclic) bond motifs is 3. The lowest BCUT2D eigenvalue weighted by Gasteiger charge is -2.05. The van der Waals surface area contributed by atoms with Crippen molar-refractivity contribution in [1.82, 2.24) is 15.5 Å². The highest BCUT2D eigenvalue weighted by atomic mass is 19.3. The van der Waals surface area contributed by atoms with E-state index >= 15 is 0 Å². The van der Waals surface area contributed by atoms with Crippen LogP contribution in [0.1, 0.15) is 21.5 Å². The Morgan fingerprint density at radius 2 is 1.92 bits per heavy atom. The average Bonchev–Trinajstić information content (AvgIpc) is 3.19. The minimum absolute atomic E-state index is 0.347. The fraction of sp³-hybridized carbons (Fsp3) is 0.158. The van der Waals surface area contributed by atoms with Crippen molar-refractivity contribution in [3.8, 4) is 22.5 Å². The summed E-state index contributed by atoms with van der Waals surface area (Å²) >= 11 is 0. The summed E-state index contributed by atoms with van der Waals surface area (Å²) < 4.78 is 24.3. The lowest BCUT2D eigenvalue weighted by atomic mass is 10.0. The molecule has 0 unspecified atom stereocenters. The summed E-state index contributed by atoms with van der Waals surface area (Å²) in [6, 6.07) is 15.0.